The van der Waals surface area contributed by atoms with E-state index < -0.39 is 6.04 Å². The molecule has 0 saturated heterocycles. The zero-order chi connectivity index (χ0) is 23.8. The first-order valence-corrected chi connectivity index (χ1v) is 12.2. The average Bonchev–Trinajstić information content (AvgIpc) is 3.51. The van der Waals surface area contributed by atoms with Crippen molar-refractivity contribution in [3.05, 3.63) is 101 Å². The van der Waals surface area contributed by atoms with Crippen LogP contribution in [0.25, 0.3) is 0 Å². The molecule has 3 unspecified atom stereocenters. The van der Waals surface area contributed by atoms with Crippen molar-refractivity contribution >= 4 is 11.7 Å². The summed E-state index contributed by atoms with van der Waals surface area (Å²) in [6, 6.07) is 20.8. The van der Waals surface area contributed by atoms with Gasteiger partial charge < -0.3 is 18.8 Å². The Hall–Kier alpha value is -3.80. The van der Waals surface area contributed by atoms with E-state index in [0.29, 0.717) is 17.9 Å². The SMILES string of the molecule is O=C1C2=C(OC3CCCCC13)C(=O)N(Cc1ccco1)C2c1ccc(OCc2ccccc2)cc1. The standard InChI is InChI=1S/C29H27NO5/c31-27-23-10-4-5-11-24(23)35-28-25(27)26(30(29(28)32)17-22-9-6-16-33-22)20-12-14-21(15-13-20)34-18-19-7-2-1-3-8-19/h1-3,6-9,12-16,23-24,26H,4-5,10-11,17-18H2. The lowest BCUT2D eigenvalue weighted by molar-refractivity contribution is -0.135. The van der Waals surface area contributed by atoms with Crippen LogP contribution in [0.15, 0.2) is 88.7 Å². The van der Waals surface area contributed by atoms with Gasteiger partial charge in [0.15, 0.2) is 11.5 Å². The maximum absolute atomic E-state index is 13.7. The van der Waals surface area contributed by atoms with Gasteiger partial charge >= 0.3 is 0 Å². The van der Waals surface area contributed by atoms with Crippen LogP contribution in [0.2, 0.25) is 0 Å². The van der Waals surface area contributed by atoms with Gasteiger partial charge in [-0.25, -0.2) is 0 Å². The van der Waals surface area contributed by atoms with E-state index in [1.165, 1.54) is 0 Å². The van der Waals surface area contributed by atoms with Crippen molar-refractivity contribution in [1.29, 1.82) is 0 Å². The van der Waals surface area contributed by atoms with Gasteiger partial charge in [0.25, 0.3) is 5.91 Å². The Kier molecular flexibility index (Phi) is 5.64. The van der Waals surface area contributed by atoms with Crippen molar-refractivity contribution in [2.45, 2.75) is 51.0 Å². The van der Waals surface area contributed by atoms with E-state index in [-0.39, 0.29) is 36.0 Å². The fraction of sp³-hybridized carbons (Fsp3) is 0.310. The van der Waals surface area contributed by atoms with Gasteiger partial charge in [-0.15, -0.1) is 0 Å². The third-order valence-corrected chi connectivity index (χ3v) is 7.21. The predicted molar refractivity (Wildman–Crippen MR) is 128 cm³/mol. The van der Waals surface area contributed by atoms with E-state index >= 15 is 0 Å². The Labute approximate surface area is 204 Å². The third-order valence-electron chi connectivity index (χ3n) is 7.21. The first-order valence-electron chi connectivity index (χ1n) is 12.2. The molecule has 3 aromatic rings. The van der Waals surface area contributed by atoms with Crippen molar-refractivity contribution in [3.8, 4) is 5.75 Å². The van der Waals surface area contributed by atoms with Gasteiger partial charge in [-0.1, -0.05) is 48.9 Å². The number of hydrogen-bond acceptors (Lipinski definition) is 5. The van der Waals surface area contributed by atoms with Gasteiger partial charge in [-0.2, -0.15) is 0 Å². The second kappa shape index (κ2) is 9.10. The number of nitrogens with zero attached hydrogens (tertiary/aromatic N) is 1. The van der Waals surface area contributed by atoms with Gasteiger partial charge in [-0.3, -0.25) is 9.59 Å². The summed E-state index contributed by atoms with van der Waals surface area (Å²) in [5.74, 6) is 1.25. The summed E-state index contributed by atoms with van der Waals surface area (Å²) in [5, 5.41) is 0. The number of Topliss-reactive ketones (excluding diaryl/α,β-unsaturated/α-hetero) is 1. The molecule has 3 atom stereocenters. The molecule has 1 aliphatic carbocycles. The number of hydrogen-bond donors (Lipinski definition) is 0. The van der Waals surface area contributed by atoms with E-state index in [0.717, 1.165) is 42.6 Å². The molecule has 1 amide bonds. The number of carbonyl (C=O) groups is 2. The lowest BCUT2D eigenvalue weighted by atomic mass is 9.77. The number of amides is 1. The normalized spacial score (nSPS) is 23.7. The zero-order valence-corrected chi connectivity index (χ0v) is 19.4. The summed E-state index contributed by atoms with van der Waals surface area (Å²) in [4.78, 5) is 28.9. The molecule has 3 aliphatic rings. The van der Waals surface area contributed by atoms with Gasteiger partial charge in [-0.05, 0) is 54.7 Å². The van der Waals surface area contributed by atoms with Crippen LogP contribution in [0.1, 0.15) is 48.6 Å². The molecule has 0 bridgehead atoms. The Bertz CT molecular complexity index is 1250. The van der Waals surface area contributed by atoms with Crippen LogP contribution in [0.5, 0.6) is 5.75 Å². The monoisotopic (exact) mass is 469 g/mol. The van der Waals surface area contributed by atoms with Gasteiger partial charge in [0.2, 0.25) is 0 Å². The number of furan rings is 1. The lowest BCUT2D eigenvalue weighted by Crippen LogP contribution is -2.39. The number of fused-ring (bicyclic) bond motifs is 1. The molecule has 1 saturated carbocycles. The Balaban J connectivity index is 1.31. The fourth-order valence-electron chi connectivity index (χ4n) is 5.46. The van der Waals surface area contributed by atoms with Crippen molar-refractivity contribution in [2.24, 2.45) is 5.92 Å². The molecule has 6 rings (SSSR count). The first-order chi connectivity index (χ1) is 17.2. The summed E-state index contributed by atoms with van der Waals surface area (Å²) < 4.78 is 17.7. The molecule has 6 nitrogen and oxygen atoms in total. The largest absolute Gasteiger partial charge is 0.489 e. The second-order valence-electron chi connectivity index (χ2n) is 9.41. The summed E-state index contributed by atoms with van der Waals surface area (Å²) in [7, 11) is 0. The van der Waals surface area contributed by atoms with Crippen LogP contribution < -0.4 is 4.74 Å². The highest BCUT2D eigenvalue weighted by Gasteiger charge is 2.52. The molecule has 2 aliphatic heterocycles. The van der Waals surface area contributed by atoms with Crippen LogP contribution in [0.4, 0.5) is 0 Å². The Morgan fingerprint density at radius 3 is 2.49 bits per heavy atom. The number of rotatable bonds is 6. The molecule has 0 spiro atoms. The minimum absolute atomic E-state index is 0.0562. The predicted octanol–water partition coefficient (Wildman–Crippen LogP) is 5.35. The molecule has 6 heteroatoms. The van der Waals surface area contributed by atoms with Gasteiger partial charge in [0.1, 0.15) is 24.2 Å². The summed E-state index contributed by atoms with van der Waals surface area (Å²) in [6.07, 6.45) is 5.06. The molecule has 3 heterocycles. The third kappa shape index (κ3) is 4.03. The summed E-state index contributed by atoms with van der Waals surface area (Å²) in [5.41, 5.74) is 2.43. The number of ether oxygens (including phenoxy) is 2. The number of carbonyl (C=O) groups excluding carboxylic acids is 2. The zero-order valence-electron chi connectivity index (χ0n) is 19.4. The summed E-state index contributed by atoms with van der Waals surface area (Å²) >= 11 is 0. The molecule has 0 N–H and O–H groups in total. The fourth-order valence-corrected chi connectivity index (χ4v) is 5.46. The van der Waals surface area contributed by atoms with Crippen LogP contribution in [0, 0.1) is 5.92 Å². The van der Waals surface area contributed by atoms with E-state index in [4.69, 9.17) is 13.9 Å². The van der Waals surface area contributed by atoms with Crippen molar-refractivity contribution < 1.29 is 23.5 Å². The van der Waals surface area contributed by atoms with E-state index in [2.05, 4.69) is 0 Å². The smallest absolute Gasteiger partial charge is 0.290 e. The van der Waals surface area contributed by atoms with Crippen molar-refractivity contribution in [2.75, 3.05) is 0 Å². The molecule has 1 fully saturated rings. The number of benzene rings is 2. The molecule has 0 radical (unpaired) electrons. The minimum Gasteiger partial charge on any atom is -0.489 e. The molecule has 1 aromatic heterocycles. The molecule has 35 heavy (non-hydrogen) atoms. The van der Waals surface area contributed by atoms with E-state index in [9.17, 15) is 9.59 Å². The first kappa shape index (κ1) is 21.7. The summed E-state index contributed by atoms with van der Waals surface area (Å²) in [6.45, 7) is 0.735. The minimum atomic E-state index is -0.513. The van der Waals surface area contributed by atoms with Gasteiger partial charge in [0, 0.05) is 0 Å². The Morgan fingerprint density at radius 2 is 1.71 bits per heavy atom. The van der Waals surface area contributed by atoms with E-state index in [1.54, 1.807) is 17.2 Å². The average molecular weight is 470 g/mol. The molecular formula is C29H27NO5. The number of ketones is 1. The van der Waals surface area contributed by atoms with Crippen LogP contribution in [0.3, 0.4) is 0 Å². The highest BCUT2D eigenvalue weighted by Crippen LogP contribution is 2.47. The highest BCUT2D eigenvalue weighted by atomic mass is 16.5. The lowest BCUT2D eigenvalue weighted by Gasteiger charge is -2.35. The van der Waals surface area contributed by atoms with Crippen molar-refractivity contribution in [3.63, 3.8) is 0 Å². The van der Waals surface area contributed by atoms with Gasteiger partial charge in [0.05, 0.1) is 30.3 Å². The quantitative estimate of drug-likeness (QED) is 0.487. The van der Waals surface area contributed by atoms with Crippen molar-refractivity contribution in [1.82, 2.24) is 4.90 Å². The van der Waals surface area contributed by atoms with Crippen LogP contribution in [-0.2, 0) is 27.5 Å². The van der Waals surface area contributed by atoms with Crippen LogP contribution in [-0.4, -0.2) is 22.7 Å². The maximum Gasteiger partial charge on any atom is 0.290 e. The molecular weight excluding hydrogens is 442 g/mol. The highest BCUT2D eigenvalue weighted by molar-refractivity contribution is 6.11. The van der Waals surface area contributed by atoms with E-state index in [1.807, 2.05) is 60.7 Å². The van der Waals surface area contributed by atoms with Crippen LogP contribution >= 0.6 is 0 Å². The molecule has 178 valence electrons. The topological polar surface area (TPSA) is 69.0 Å². The maximum atomic E-state index is 13.7. The molecule has 2 aromatic carbocycles. The Morgan fingerprint density at radius 1 is 0.914 bits per heavy atom. The second-order valence-corrected chi connectivity index (χ2v) is 9.41.